The third-order valence-electron chi connectivity index (χ3n) is 3.49. The van der Waals surface area contributed by atoms with Crippen LogP contribution >= 0.6 is 11.6 Å². The van der Waals surface area contributed by atoms with Crippen LogP contribution in [-0.2, 0) is 0 Å². The van der Waals surface area contributed by atoms with Gasteiger partial charge in [-0.15, -0.1) is 0 Å². The molecule has 0 saturated heterocycles. The van der Waals surface area contributed by atoms with Crippen LogP contribution in [0.15, 0.2) is 42.9 Å². The van der Waals surface area contributed by atoms with Gasteiger partial charge >= 0.3 is 5.97 Å². The number of carboxylic acids is 1. The van der Waals surface area contributed by atoms with Crippen LogP contribution in [0.1, 0.15) is 15.9 Å². The maximum Gasteiger partial charge on any atom is 0.339 e. The molecule has 0 atom stereocenters. The number of aromatic nitrogens is 2. The lowest BCUT2D eigenvalue weighted by atomic mass is 10.1. The first-order chi connectivity index (χ1) is 10.6. The Morgan fingerprint density at radius 3 is 2.73 bits per heavy atom. The van der Waals surface area contributed by atoms with Crippen molar-refractivity contribution in [1.29, 1.82) is 0 Å². The Labute approximate surface area is 131 Å². The summed E-state index contributed by atoms with van der Waals surface area (Å²) in [6.07, 6.45) is 4.52. The third-order valence-corrected chi connectivity index (χ3v) is 3.79. The van der Waals surface area contributed by atoms with Crippen molar-refractivity contribution < 1.29 is 9.90 Å². The molecule has 2 N–H and O–H groups in total. The summed E-state index contributed by atoms with van der Waals surface area (Å²) in [5.74, 6) is -1.03. The highest BCUT2D eigenvalue weighted by atomic mass is 35.5. The fourth-order valence-corrected chi connectivity index (χ4v) is 2.55. The number of anilines is 2. The van der Waals surface area contributed by atoms with Crippen molar-refractivity contribution in [3.05, 3.63) is 59.1 Å². The summed E-state index contributed by atoms with van der Waals surface area (Å²) in [5, 5.41) is 14.6. The van der Waals surface area contributed by atoms with Gasteiger partial charge in [-0.25, -0.2) is 9.78 Å². The number of carboxylic acid groups (broad SMARTS) is 1. The van der Waals surface area contributed by atoms with Crippen molar-refractivity contribution >= 4 is 39.7 Å². The Balaban J connectivity index is 2.09. The van der Waals surface area contributed by atoms with Crippen LogP contribution < -0.4 is 5.32 Å². The highest BCUT2D eigenvalue weighted by molar-refractivity contribution is 6.34. The van der Waals surface area contributed by atoms with Gasteiger partial charge in [0.05, 0.1) is 5.69 Å². The average molecular weight is 314 g/mol. The van der Waals surface area contributed by atoms with E-state index in [-0.39, 0.29) is 5.56 Å². The van der Waals surface area contributed by atoms with Crippen LogP contribution in [0.2, 0.25) is 5.15 Å². The molecule has 0 unspecified atom stereocenters. The van der Waals surface area contributed by atoms with E-state index < -0.39 is 5.97 Å². The molecule has 0 aliphatic heterocycles. The Morgan fingerprint density at radius 2 is 1.95 bits per heavy atom. The summed E-state index contributed by atoms with van der Waals surface area (Å²) < 4.78 is 0. The van der Waals surface area contributed by atoms with Gasteiger partial charge in [-0.05, 0) is 42.1 Å². The molecular formula is C16H12ClN3O2. The predicted molar refractivity (Wildman–Crippen MR) is 86.0 cm³/mol. The minimum atomic E-state index is -1.03. The topological polar surface area (TPSA) is 75.1 Å². The number of benzene rings is 1. The van der Waals surface area contributed by atoms with Gasteiger partial charge in [0.2, 0.25) is 0 Å². The Hall–Kier alpha value is -2.66. The highest BCUT2D eigenvalue weighted by Crippen LogP contribution is 2.31. The first-order valence-electron chi connectivity index (χ1n) is 6.56. The maximum absolute atomic E-state index is 11.2. The molecule has 22 heavy (non-hydrogen) atoms. The van der Waals surface area contributed by atoms with Crippen molar-refractivity contribution in [3.63, 3.8) is 0 Å². The zero-order chi connectivity index (χ0) is 15.7. The maximum atomic E-state index is 11.2. The number of aryl methyl sites for hydroxylation is 1. The monoisotopic (exact) mass is 313 g/mol. The second-order valence-corrected chi connectivity index (χ2v) is 5.14. The number of hydrogen-bond acceptors (Lipinski definition) is 4. The van der Waals surface area contributed by atoms with Crippen LogP contribution in [0.4, 0.5) is 11.4 Å². The van der Waals surface area contributed by atoms with E-state index in [4.69, 9.17) is 11.6 Å². The highest BCUT2D eigenvalue weighted by Gasteiger charge is 2.12. The van der Waals surface area contributed by atoms with E-state index in [1.165, 1.54) is 6.20 Å². The Kier molecular flexibility index (Phi) is 3.65. The molecule has 0 radical (unpaired) electrons. The number of nitrogens with zero attached hydrogens (tertiary/aromatic N) is 2. The second kappa shape index (κ2) is 5.61. The molecule has 6 heteroatoms. The average Bonchev–Trinajstić information content (AvgIpc) is 2.51. The lowest BCUT2D eigenvalue weighted by Gasteiger charge is -2.13. The van der Waals surface area contributed by atoms with Crippen molar-refractivity contribution in [3.8, 4) is 0 Å². The molecular weight excluding hydrogens is 302 g/mol. The zero-order valence-electron chi connectivity index (χ0n) is 11.7. The molecule has 2 aromatic heterocycles. The van der Waals surface area contributed by atoms with Crippen LogP contribution in [0.3, 0.4) is 0 Å². The quantitative estimate of drug-likeness (QED) is 0.714. The Morgan fingerprint density at radius 1 is 1.14 bits per heavy atom. The SMILES string of the molecule is Cc1c(Nc2ccncc2C(=O)O)ccc2c(Cl)nccc12. The van der Waals surface area contributed by atoms with Crippen LogP contribution in [-0.4, -0.2) is 21.0 Å². The van der Waals surface area contributed by atoms with Gasteiger partial charge in [0.15, 0.2) is 0 Å². The zero-order valence-corrected chi connectivity index (χ0v) is 12.4. The van der Waals surface area contributed by atoms with Gasteiger partial charge in [0, 0.05) is 29.7 Å². The molecule has 0 fully saturated rings. The van der Waals surface area contributed by atoms with E-state index in [1.807, 2.05) is 25.1 Å². The molecule has 0 amide bonds. The lowest BCUT2D eigenvalue weighted by molar-refractivity contribution is 0.0697. The van der Waals surface area contributed by atoms with Gasteiger partial charge in [0.1, 0.15) is 10.7 Å². The predicted octanol–water partition coefficient (Wildman–Crippen LogP) is 4.03. The first-order valence-corrected chi connectivity index (χ1v) is 6.94. The first kappa shape index (κ1) is 14.3. The number of pyridine rings is 2. The van der Waals surface area contributed by atoms with Crippen LogP contribution in [0, 0.1) is 6.92 Å². The van der Waals surface area contributed by atoms with Crippen molar-refractivity contribution in [2.24, 2.45) is 0 Å². The number of rotatable bonds is 3. The molecule has 3 aromatic rings. The summed E-state index contributed by atoms with van der Waals surface area (Å²) >= 11 is 6.09. The largest absolute Gasteiger partial charge is 0.478 e. The van der Waals surface area contributed by atoms with E-state index in [1.54, 1.807) is 18.5 Å². The fourth-order valence-electron chi connectivity index (χ4n) is 2.32. The minimum absolute atomic E-state index is 0.120. The molecule has 0 saturated carbocycles. The number of aromatic carboxylic acids is 1. The Bertz CT molecular complexity index is 880. The number of halogens is 1. The van der Waals surface area contributed by atoms with Crippen LogP contribution in [0.5, 0.6) is 0 Å². The van der Waals surface area contributed by atoms with E-state index >= 15 is 0 Å². The summed E-state index contributed by atoms with van der Waals surface area (Å²) in [5.41, 5.74) is 2.39. The van der Waals surface area contributed by atoms with Gasteiger partial charge in [-0.2, -0.15) is 0 Å². The van der Waals surface area contributed by atoms with Gasteiger partial charge < -0.3 is 10.4 Å². The molecule has 0 aliphatic carbocycles. The number of nitrogens with one attached hydrogen (secondary N) is 1. The fraction of sp³-hybridized carbons (Fsp3) is 0.0625. The number of hydrogen-bond donors (Lipinski definition) is 2. The van der Waals surface area contributed by atoms with E-state index in [0.717, 1.165) is 22.0 Å². The van der Waals surface area contributed by atoms with Crippen molar-refractivity contribution in [2.45, 2.75) is 6.92 Å². The standard InChI is InChI=1S/C16H12ClN3O2/c1-9-10-4-7-19-15(17)11(10)2-3-13(9)20-14-5-6-18-8-12(14)16(21)22/h2-8H,1H3,(H,18,20)(H,21,22). The van der Waals surface area contributed by atoms with Gasteiger partial charge in [-0.3, -0.25) is 4.98 Å². The molecule has 110 valence electrons. The van der Waals surface area contributed by atoms with E-state index in [2.05, 4.69) is 15.3 Å². The summed E-state index contributed by atoms with van der Waals surface area (Å²) in [4.78, 5) is 19.2. The summed E-state index contributed by atoms with van der Waals surface area (Å²) in [7, 11) is 0. The van der Waals surface area contributed by atoms with Gasteiger partial charge in [-0.1, -0.05) is 11.6 Å². The number of fused-ring (bicyclic) bond motifs is 1. The molecule has 0 spiro atoms. The summed E-state index contributed by atoms with van der Waals surface area (Å²) in [6.45, 7) is 1.95. The molecule has 0 bridgehead atoms. The van der Waals surface area contributed by atoms with E-state index in [0.29, 0.717) is 10.8 Å². The van der Waals surface area contributed by atoms with Crippen molar-refractivity contribution in [1.82, 2.24) is 9.97 Å². The molecule has 1 aromatic carbocycles. The van der Waals surface area contributed by atoms with E-state index in [9.17, 15) is 9.90 Å². The lowest BCUT2D eigenvalue weighted by Crippen LogP contribution is -2.04. The molecule has 2 heterocycles. The van der Waals surface area contributed by atoms with Crippen LogP contribution in [0.25, 0.3) is 10.8 Å². The van der Waals surface area contributed by atoms with Crippen molar-refractivity contribution in [2.75, 3.05) is 5.32 Å². The second-order valence-electron chi connectivity index (χ2n) is 4.79. The molecule has 0 aliphatic rings. The molecule has 5 nitrogen and oxygen atoms in total. The third kappa shape index (κ3) is 2.46. The minimum Gasteiger partial charge on any atom is -0.478 e. The normalized spacial score (nSPS) is 10.6. The molecule has 3 rings (SSSR count). The smallest absolute Gasteiger partial charge is 0.339 e. The van der Waals surface area contributed by atoms with Gasteiger partial charge in [0.25, 0.3) is 0 Å². The number of carbonyl (C=O) groups is 1. The summed E-state index contributed by atoms with van der Waals surface area (Å²) in [6, 6.07) is 7.23.